The molecule has 0 saturated carbocycles. The second kappa shape index (κ2) is 6.17. The van der Waals surface area contributed by atoms with Crippen LogP contribution in [0.5, 0.6) is 5.75 Å². The van der Waals surface area contributed by atoms with Crippen LogP contribution in [0.2, 0.25) is 0 Å². The zero-order valence-electron chi connectivity index (χ0n) is 10.4. The number of ether oxygens (including phenoxy) is 1. The van der Waals surface area contributed by atoms with Gasteiger partial charge in [0.2, 0.25) is 0 Å². The van der Waals surface area contributed by atoms with Gasteiger partial charge in [0.05, 0.1) is 12.7 Å². The summed E-state index contributed by atoms with van der Waals surface area (Å²) in [6.45, 7) is 2.46. The summed E-state index contributed by atoms with van der Waals surface area (Å²) in [7, 11) is 0. The molecule has 2 aromatic rings. The molecule has 1 aromatic carbocycles. The molecule has 0 aliphatic rings. The molecule has 1 unspecified atom stereocenters. The molecule has 1 aromatic heterocycles. The molecular formula is C15H17NO2. The first-order valence-electron chi connectivity index (χ1n) is 6.04. The van der Waals surface area contributed by atoms with Crippen molar-refractivity contribution in [3.63, 3.8) is 0 Å². The van der Waals surface area contributed by atoms with Crippen molar-refractivity contribution in [2.75, 3.05) is 6.61 Å². The number of pyridine rings is 1. The molecule has 2 rings (SSSR count). The summed E-state index contributed by atoms with van der Waals surface area (Å²) >= 11 is 0. The fourth-order valence-electron chi connectivity index (χ4n) is 1.79. The smallest absolute Gasteiger partial charge is 0.119 e. The standard InChI is InChI=1S/C15H17NO2/c1-12-7-9-16-11-14(12)15(17)8-10-18-13-5-3-2-4-6-13/h2-7,9,11,15,17H,8,10H2,1H3. The summed E-state index contributed by atoms with van der Waals surface area (Å²) in [5, 5.41) is 10.1. The maximum atomic E-state index is 10.1. The van der Waals surface area contributed by atoms with Crippen molar-refractivity contribution in [3.8, 4) is 5.75 Å². The molecule has 0 saturated heterocycles. The molecule has 1 N–H and O–H groups in total. The second-order valence-corrected chi connectivity index (χ2v) is 4.20. The Kier molecular flexibility index (Phi) is 4.31. The minimum absolute atomic E-state index is 0.486. The quantitative estimate of drug-likeness (QED) is 0.878. The Balaban J connectivity index is 1.86. The van der Waals surface area contributed by atoms with Gasteiger partial charge in [-0.2, -0.15) is 0 Å². The summed E-state index contributed by atoms with van der Waals surface area (Å²) < 4.78 is 5.56. The lowest BCUT2D eigenvalue weighted by Crippen LogP contribution is -2.07. The van der Waals surface area contributed by atoms with Crippen molar-refractivity contribution in [1.82, 2.24) is 4.98 Å². The van der Waals surface area contributed by atoms with Crippen molar-refractivity contribution in [2.45, 2.75) is 19.4 Å². The van der Waals surface area contributed by atoms with Crippen LogP contribution in [-0.4, -0.2) is 16.7 Å². The summed E-state index contributed by atoms with van der Waals surface area (Å²) in [6, 6.07) is 11.5. The molecular weight excluding hydrogens is 226 g/mol. The van der Waals surface area contributed by atoms with Gasteiger partial charge in [0.15, 0.2) is 0 Å². The second-order valence-electron chi connectivity index (χ2n) is 4.20. The van der Waals surface area contributed by atoms with Crippen LogP contribution >= 0.6 is 0 Å². The third kappa shape index (κ3) is 3.31. The average Bonchev–Trinajstić information content (AvgIpc) is 2.40. The largest absolute Gasteiger partial charge is 0.493 e. The molecule has 3 nitrogen and oxygen atoms in total. The highest BCUT2D eigenvalue weighted by molar-refractivity contribution is 5.24. The van der Waals surface area contributed by atoms with Gasteiger partial charge in [-0.05, 0) is 30.7 Å². The number of nitrogens with zero attached hydrogens (tertiary/aromatic N) is 1. The fraction of sp³-hybridized carbons (Fsp3) is 0.267. The van der Waals surface area contributed by atoms with Crippen LogP contribution in [-0.2, 0) is 0 Å². The van der Waals surface area contributed by atoms with Gasteiger partial charge in [0, 0.05) is 24.4 Å². The normalized spacial score (nSPS) is 12.1. The number of benzene rings is 1. The number of aryl methyl sites for hydroxylation is 1. The van der Waals surface area contributed by atoms with Gasteiger partial charge in [0.1, 0.15) is 5.75 Å². The predicted octanol–water partition coefficient (Wildman–Crippen LogP) is 2.89. The molecule has 3 heteroatoms. The molecule has 0 amide bonds. The van der Waals surface area contributed by atoms with Crippen LogP contribution in [0.1, 0.15) is 23.7 Å². The minimum atomic E-state index is -0.526. The highest BCUT2D eigenvalue weighted by Crippen LogP contribution is 2.19. The highest BCUT2D eigenvalue weighted by atomic mass is 16.5. The Morgan fingerprint density at radius 1 is 1.22 bits per heavy atom. The van der Waals surface area contributed by atoms with E-state index < -0.39 is 6.10 Å². The first kappa shape index (κ1) is 12.6. The molecule has 1 heterocycles. The molecule has 0 fully saturated rings. The summed E-state index contributed by atoms with van der Waals surface area (Å²) in [6.07, 6.45) is 3.47. The van der Waals surface area contributed by atoms with Gasteiger partial charge < -0.3 is 9.84 Å². The van der Waals surface area contributed by atoms with E-state index in [2.05, 4.69) is 4.98 Å². The number of aliphatic hydroxyl groups excluding tert-OH is 1. The van der Waals surface area contributed by atoms with Gasteiger partial charge in [0.25, 0.3) is 0 Å². The number of para-hydroxylation sites is 1. The lowest BCUT2D eigenvalue weighted by atomic mass is 10.0. The Morgan fingerprint density at radius 2 is 2.00 bits per heavy atom. The van der Waals surface area contributed by atoms with Crippen molar-refractivity contribution >= 4 is 0 Å². The van der Waals surface area contributed by atoms with Crippen LogP contribution in [0.3, 0.4) is 0 Å². The first-order valence-corrected chi connectivity index (χ1v) is 6.04. The van der Waals surface area contributed by atoms with E-state index in [9.17, 15) is 5.11 Å². The zero-order valence-corrected chi connectivity index (χ0v) is 10.4. The molecule has 94 valence electrons. The Labute approximate surface area is 107 Å². The van der Waals surface area contributed by atoms with E-state index in [-0.39, 0.29) is 0 Å². The van der Waals surface area contributed by atoms with Crippen molar-refractivity contribution < 1.29 is 9.84 Å². The molecule has 18 heavy (non-hydrogen) atoms. The Bertz CT molecular complexity index is 485. The van der Waals surface area contributed by atoms with E-state index in [1.807, 2.05) is 43.3 Å². The molecule has 1 atom stereocenters. The van der Waals surface area contributed by atoms with Crippen molar-refractivity contribution in [1.29, 1.82) is 0 Å². The van der Waals surface area contributed by atoms with Crippen molar-refractivity contribution in [3.05, 3.63) is 59.9 Å². The first-order chi connectivity index (χ1) is 8.77. The third-order valence-corrected chi connectivity index (χ3v) is 2.84. The number of rotatable bonds is 5. The van der Waals surface area contributed by atoms with Gasteiger partial charge in [-0.3, -0.25) is 4.98 Å². The average molecular weight is 243 g/mol. The molecule has 0 radical (unpaired) electrons. The van der Waals surface area contributed by atoms with Gasteiger partial charge >= 0.3 is 0 Å². The summed E-state index contributed by atoms with van der Waals surface area (Å²) in [4.78, 5) is 4.03. The van der Waals surface area contributed by atoms with Gasteiger partial charge in [-0.25, -0.2) is 0 Å². The summed E-state index contributed by atoms with van der Waals surface area (Å²) in [5.74, 6) is 0.826. The van der Waals surface area contributed by atoms with Crippen LogP contribution in [0.15, 0.2) is 48.8 Å². The summed E-state index contributed by atoms with van der Waals surface area (Å²) in [5.41, 5.74) is 1.92. The SMILES string of the molecule is Cc1ccncc1C(O)CCOc1ccccc1. The van der Waals surface area contributed by atoms with Crippen LogP contribution in [0.4, 0.5) is 0 Å². The van der Waals surface area contributed by atoms with Crippen LogP contribution < -0.4 is 4.74 Å². The third-order valence-electron chi connectivity index (χ3n) is 2.84. The number of aliphatic hydroxyl groups is 1. The fourth-order valence-corrected chi connectivity index (χ4v) is 1.79. The van der Waals surface area contributed by atoms with E-state index in [0.717, 1.165) is 16.9 Å². The monoisotopic (exact) mass is 243 g/mol. The molecule has 0 aliphatic carbocycles. The van der Waals surface area contributed by atoms with Crippen LogP contribution in [0, 0.1) is 6.92 Å². The lowest BCUT2D eigenvalue weighted by Gasteiger charge is -2.13. The minimum Gasteiger partial charge on any atom is -0.493 e. The maximum absolute atomic E-state index is 10.1. The van der Waals surface area contributed by atoms with Crippen LogP contribution in [0.25, 0.3) is 0 Å². The zero-order chi connectivity index (χ0) is 12.8. The lowest BCUT2D eigenvalue weighted by molar-refractivity contribution is 0.140. The van der Waals surface area contributed by atoms with E-state index >= 15 is 0 Å². The molecule has 0 spiro atoms. The van der Waals surface area contributed by atoms with E-state index in [0.29, 0.717) is 13.0 Å². The number of aromatic nitrogens is 1. The van der Waals surface area contributed by atoms with Gasteiger partial charge in [-0.15, -0.1) is 0 Å². The predicted molar refractivity (Wildman–Crippen MR) is 70.5 cm³/mol. The number of hydrogen-bond acceptors (Lipinski definition) is 3. The van der Waals surface area contributed by atoms with E-state index in [1.54, 1.807) is 12.4 Å². The Hall–Kier alpha value is -1.87. The number of hydrogen-bond donors (Lipinski definition) is 1. The Morgan fingerprint density at radius 3 is 2.72 bits per heavy atom. The highest BCUT2D eigenvalue weighted by Gasteiger charge is 2.10. The van der Waals surface area contributed by atoms with E-state index in [4.69, 9.17) is 4.74 Å². The maximum Gasteiger partial charge on any atom is 0.119 e. The molecule has 0 bridgehead atoms. The topological polar surface area (TPSA) is 42.4 Å². The van der Waals surface area contributed by atoms with Gasteiger partial charge in [-0.1, -0.05) is 18.2 Å². The van der Waals surface area contributed by atoms with E-state index in [1.165, 1.54) is 0 Å². The molecule has 0 aliphatic heterocycles. The van der Waals surface area contributed by atoms with Crippen molar-refractivity contribution in [2.24, 2.45) is 0 Å².